The monoisotopic (exact) mass is 123 g/mol. The number of nitrogens with two attached hydrogens (primary N) is 1. The van der Waals surface area contributed by atoms with Gasteiger partial charge >= 0.3 is 29.6 Å². The fraction of sp³-hybridized carbons (Fsp3) is 0.400. The Balaban J connectivity index is -0.000000180. The van der Waals surface area contributed by atoms with Crippen LogP contribution >= 0.6 is 0 Å². The van der Waals surface area contributed by atoms with E-state index in [9.17, 15) is 4.79 Å². The Morgan fingerprint density at radius 1 is 1.62 bits per heavy atom. The molecule has 8 heavy (non-hydrogen) atoms. The Kier molecular flexibility index (Phi) is 7.40. The van der Waals surface area contributed by atoms with E-state index >= 15 is 0 Å². The van der Waals surface area contributed by atoms with Crippen LogP contribution in [-0.4, -0.2) is 5.78 Å². The fourth-order valence-corrected chi connectivity index (χ4v) is 0.321. The van der Waals surface area contributed by atoms with E-state index in [0.717, 1.165) is 0 Å². The van der Waals surface area contributed by atoms with Crippen LogP contribution in [0.1, 0.15) is 15.3 Å². The number of hydrogen-bond donors (Lipinski definition) is 1. The third-order valence-corrected chi connectivity index (χ3v) is 0.431. The van der Waals surface area contributed by atoms with Gasteiger partial charge in [0.1, 0.15) is 0 Å². The molecule has 42 valence electrons. The van der Waals surface area contributed by atoms with Gasteiger partial charge in [-0.05, 0) is 19.9 Å². The van der Waals surface area contributed by atoms with Crippen LogP contribution in [0, 0.1) is 0 Å². The van der Waals surface area contributed by atoms with Crippen LogP contribution in [0.25, 0.3) is 0 Å². The summed E-state index contributed by atoms with van der Waals surface area (Å²) in [5.41, 5.74) is 5.70. The Bertz CT molecular complexity index is 110. The minimum absolute atomic E-state index is 0. The SMILES string of the molecule is CC(=O)C=C(C)N.[H-].[Na+]. The predicted molar refractivity (Wildman–Crippen MR) is 29.7 cm³/mol. The minimum Gasteiger partial charge on any atom is -1.00 e. The first-order chi connectivity index (χ1) is 3.13. The van der Waals surface area contributed by atoms with Gasteiger partial charge in [0.05, 0.1) is 0 Å². The number of carbonyl (C=O) groups excluding carboxylic acids is 1. The molecule has 0 atom stereocenters. The standard InChI is InChI=1S/C5H9NO.Na.H/c1-4(6)3-5(2)7;;/h3H,6H2,1-2H3;;/q;+1;-1. The van der Waals surface area contributed by atoms with Gasteiger partial charge in [-0.25, -0.2) is 0 Å². The molecule has 2 nitrogen and oxygen atoms in total. The van der Waals surface area contributed by atoms with Crippen molar-refractivity contribution in [3.63, 3.8) is 0 Å². The molecule has 0 aliphatic heterocycles. The number of carbonyl (C=O) groups is 1. The molecule has 0 aromatic heterocycles. The van der Waals surface area contributed by atoms with E-state index in [1.165, 1.54) is 13.0 Å². The maximum absolute atomic E-state index is 10.1. The summed E-state index contributed by atoms with van der Waals surface area (Å²) in [7, 11) is 0. The Hall–Kier alpha value is 0.210. The summed E-state index contributed by atoms with van der Waals surface area (Å²) in [6.45, 7) is 3.15. The molecule has 0 aromatic rings. The van der Waals surface area contributed by atoms with E-state index in [1.54, 1.807) is 6.92 Å². The molecule has 0 aliphatic rings. The number of hydrogen-bond acceptors (Lipinski definition) is 2. The van der Waals surface area contributed by atoms with E-state index in [2.05, 4.69) is 0 Å². The Labute approximate surface area is 72.9 Å². The summed E-state index contributed by atoms with van der Waals surface area (Å²) in [5.74, 6) is 0.000000000000000444. The normalized spacial score (nSPS) is 10.0. The molecule has 0 saturated heterocycles. The van der Waals surface area contributed by atoms with E-state index in [-0.39, 0.29) is 36.8 Å². The molecule has 0 spiro atoms. The van der Waals surface area contributed by atoms with Crippen molar-refractivity contribution in [3.8, 4) is 0 Å². The zero-order valence-electron chi connectivity index (χ0n) is 6.56. The van der Waals surface area contributed by atoms with Crippen molar-refractivity contribution in [2.75, 3.05) is 0 Å². The Morgan fingerprint density at radius 2 is 2.00 bits per heavy atom. The zero-order chi connectivity index (χ0) is 5.86. The van der Waals surface area contributed by atoms with Crippen LogP contribution in [0.15, 0.2) is 11.8 Å². The van der Waals surface area contributed by atoms with Crippen LogP contribution in [0.5, 0.6) is 0 Å². The molecule has 0 aliphatic carbocycles. The van der Waals surface area contributed by atoms with Crippen molar-refractivity contribution in [1.29, 1.82) is 0 Å². The average Bonchev–Trinajstić information content (AvgIpc) is 1.27. The molecule has 0 rings (SSSR count). The first-order valence-corrected chi connectivity index (χ1v) is 2.07. The van der Waals surface area contributed by atoms with Crippen molar-refractivity contribution >= 4 is 5.78 Å². The molecule has 0 heterocycles. The molecule has 2 N–H and O–H groups in total. The number of allylic oxidation sites excluding steroid dienone is 2. The molecule has 0 fully saturated rings. The summed E-state index contributed by atoms with van der Waals surface area (Å²) in [4.78, 5) is 10.1. The fourth-order valence-electron chi connectivity index (χ4n) is 0.321. The van der Waals surface area contributed by atoms with Gasteiger partial charge in [0.25, 0.3) is 0 Å². The maximum Gasteiger partial charge on any atom is 1.00 e. The summed E-state index contributed by atoms with van der Waals surface area (Å²) in [6.07, 6.45) is 1.39. The first-order valence-electron chi connectivity index (χ1n) is 2.07. The van der Waals surface area contributed by atoms with Crippen molar-refractivity contribution in [3.05, 3.63) is 11.8 Å². The second-order valence-corrected chi connectivity index (χ2v) is 1.50. The quantitative estimate of drug-likeness (QED) is 0.311. The average molecular weight is 123 g/mol. The van der Waals surface area contributed by atoms with Crippen molar-refractivity contribution in [1.82, 2.24) is 0 Å². The van der Waals surface area contributed by atoms with Crippen molar-refractivity contribution in [2.24, 2.45) is 5.73 Å². The number of ketones is 1. The van der Waals surface area contributed by atoms with Crippen LogP contribution in [0.4, 0.5) is 0 Å². The molecule has 0 saturated carbocycles. The maximum atomic E-state index is 10.1. The van der Waals surface area contributed by atoms with E-state index < -0.39 is 0 Å². The van der Waals surface area contributed by atoms with Gasteiger partial charge in [0.15, 0.2) is 5.78 Å². The molecular weight excluding hydrogens is 113 g/mol. The molecule has 0 radical (unpaired) electrons. The summed E-state index contributed by atoms with van der Waals surface area (Å²) in [6, 6.07) is 0. The van der Waals surface area contributed by atoms with Crippen LogP contribution in [0.3, 0.4) is 0 Å². The van der Waals surface area contributed by atoms with Crippen LogP contribution < -0.4 is 35.3 Å². The summed E-state index contributed by atoms with van der Waals surface area (Å²) >= 11 is 0. The molecule has 0 bridgehead atoms. The predicted octanol–water partition coefficient (Wildman–Crippen LogP) is -2.45. The second kappa shape index (κ2) is 5.35. The van der Waals surface area contributed by atoms with Gasteiger partial charge < -0.3 is 7.16 Å². The topological polar surface area (TPSA) is 43.1 Å². The van der Waals surface area contributed by atoms with Gasteiger partial charge in [-0.1, -0.05) is 0 Å². The molecule has 0 aromatic carbocycles. The third kappa shape index (κ3) is 9.51. The Morgan fingerprint density at radius 3 is 2.00 bits per heavy atom. The number of rotatable bonds is 1. The van der Waals surface area contributed by atoms with Crippen molar-refractivity contribution in [2.45, 2.75) is 13.8 Å². The van der Waals surface area contributed by atoms with E-state index in [1.807, 2.05) is 0 Å². The van der Waals surface area contributed by atoms with Gasteiger partial charge in [0, 0.05) is 5.70 Å². The zero-order valence-corrected chi connectivity index (χ0v) is 7.56. The van der Waals surface area contributed by atoms with Gasteiger partial charge in [-0.15, -0.1) is 0 Å². The van der Waals surface area contributed by atoms with E-state index in [0.29, 0.717) is 5.70 Å². The minimum atomic E-state index is 0. The second-order valence-electron chi connectivity index (χ2n) is 1.50. The smallest absolute Gasteiger partial charge is 1.00 e. The summed E-state index contributed by atoms with van der Waals surface area (Å²) < 4.78 is 0. The van der Waals surface area contributed by atoms with Crippen LogP contribution in [0.2, 0.25) is 0 Å². The summed E-state index contributed by atoms with van der Waals surface area (Å²) in [5, 5.41) is 0. The molecular formula is C5H10NNaO. The third-order valence-electron chi connectivity index (χ3n) is 0.431. The molecule has 0 unspecified atom stereocenters. The first kappa shape index (κ1) is 11.1. The van der Waals surface area contributed by atoms with Crippen LogP contribution in [-0.2, 0) is 4.79 Å². The van der Waals surface area contributed by atoms with Gasteiger partial charge in [0.2, 0.25) is 0 Å². The largest absolute Gasteiger partial charge is 1.00 e. The molecule has 3 heteroatoms. The van der Waals surface area contributed by atoms with E-state index in [4.69, 9.17) is 5.73 Å². The van der Waals surface area contributed by atoms with Crippen molar-refractivity contribution < 1.29 is 35.8 Å². The molecule has 0 amide bonds. The van der Waals surface area contributed by atoms with Gasteiger partial charge in [-0.3, -0.25) is 4.79 Å². The van der Waals surface area contributed by atoms with Gasteiger partial charge in [-0.2, -0.15) is 0 Å².